The van der Waals surface area contributed by atoms with E-state index in [1.807, 2.05) is 12.1 Å². The maximum Gasteiger partial charge on any atom is 0.255 e. The van der Waals surface area contributed by atoms with Gasteiger partial charge in [0.15, 0.2) is 0 Å². The highest BCUT2D eigenvalue weighted by Crippen LogP contribution is 2.26. The van der Waals surface area contributed by atoms with Crippen LogP contribution in [0.25, 0.3) is 11.4 Å². The van der Waals surface area contributed by atoms with Crippen molar-refractivity contribution in [3.05, 3.63) is 49.8 Å². The molecule has 0 saturated heterocycles. The molecule has 0 saturated carbocycles. The van der Waals surface area contributed by atoms with Gasteiger partial charge >= 0.3 is 0 Å². The zero-order chi connectivity index (χ0) is 13.1. The third kappa shape index (κ3) is 2.80. The molecule has 0 atom stereocenters. The van der Waals surface area contributed by atoms with Gasteiger partial charge in [-0.25, -0.2) is 4.98 Å². The number of hydrogen-bond donors (Lipinski definition) is 2. The Morgan fingerprint density at radius 2 is 2.28 bits per heavy atom. The Morgan fingerprint density at radius 1 is 1.50 bits per heavy atom. The van der Waals surface area contributed by atoms with Crippen LogP contribution in [0.5, 0.6) is 0 Å². The van der Waals surface area contributed by atoms with Crippen molar-refractivity contribution in [3.63, 3.8) is 0 Å². The van der Waals surface area contributed by atoms with E-state index in [1.54, 1.807) is 19.3 Å². The molecule has 0 spiro atoms. The molecule has 1 heterocycles. The molecule has 1 aromatic carbocycles. The minimum absolute atomic E-state index is 0.138. The number of aromatic nitrogens is 2. The minimum atomic E-state index is -0.138. The first-order valence-electron chi connectivity index (χ1n) is 5.30. The second-order valence-corrected chi connectivity index (χ2v) is 5.01. The summed E-state index contributed by atoms with van der Waals surface area (Å²) < 4.78 is 0.767. The van der Waals surface area contributed by atoms with Gasteiger partial charge in [-0.15, -0.1) is 0 Å². The van der Waals surface area contributed by atoms with Crippen LogP contribution < -0.4 is 10.9 Å². The van der Waals surface area contributed by atoms with Crippen molar-refractivity contribution in [3.8, 4) is 11.4 Å². The zero-order valence-corrected chi connectivity index (χ0v) is 12.0. The van der Waals surface area contributed by atoms with E-state index in [0.29, 0.717) is 23.0 Å². The fourth-order valence-electron chi connectivity index (χ4n) is 1.53. The second kappa shape index (κ2) is 5.65. The predicted octanol–water partition coefficient (Wildman–Crippen LogP) is 2.57. The van der Waals surface area contributed by atoms with Crippen LogP contribution in [0.2, 0.25) is 5.02 Å². The quantitative estimate of drug-likeness (QED) is 0.910. The van der Waals surface area contributed by atoms with Crippen LogP contribution in [-0.4, -0.2) is 17.0 Å². The highest BCUT2D eigenvalue weighted by Gasteiger charge is 2.06. The lowest BCUT2D eigenvalue weighted by Crippen LogP contribution is -2.19. The second-order valence-electron chi connectivity index (χ2n) is 3.75. The fraction of sp³-hybridized carbons (Fsp3) is 0.167. The standard InChI is InChI=1S/C12H11BrClN3O/c1-15-5-8-6-16-11(17-12(8)18)7-2-3-10(14)9(13)4-7/h2-4,6,15H,5H2,1H3,(H,16,17,18). The highest BCUT2D eigenvalue weighted by atomic mass is 79.9. The van der Waals surface area contributed by atoms with Gasteiger partial charge < -0.3 is 10.3 Å². The molecule has 2 aromatic rings. The van der Waals surface area contributed by atoms with Crippen molar-refractivity contribution in [2.24, 2.45) is 0 Å². The van der Waals surface area contributed by atoms with E-state index in [0.717, 1.165) is 10.0 Å². The molecule has 0 fully saturated rings. The molecule has 0 bridgehead atoms. The Kier molecular flexibility index (Phi) is 4.16. The lowest BCUT2D eigenvalue weighted by Gasteiger charge is -2.04. The molecule has 0 radical (unpaired) electrons. The van der Waals surface area contributed by atoms with Crippen molar-refractivity contribution in [2.45, 2.75) is 6.54 Å². The van der Waals surface area contributed by atoms with Gasteiger partial charge in [0.2, 0.25) is 0 Å². The van der Waals surface area contributed by atoms with Crippen molar-refractivity contribution < 1.29 is 0 Å². The number of halogens is 2. The molecule has 4 nitrogen and oxygen atoms in total. The molecule has 2 rings (SSSR count). The van der Waals surface area contributed by atoms with Gasteiger partial charge in [-0.05, 0) is 41.2 Å². The van der Waals surface area contributed by atoms with Gasteiger partial charge in [-0.2, -0.15) is 0 Å². The molecular formula is C12H11BrClN3O. The molecule has 94 valence electrons. The first-order chi connectivity index (χ1) is 8.61. The normalized spacial score (nSPS) is 10.6. The van der Waals surface area contributed by atoms with Gasteiger partial charge in [0.1, 0.15) is 5.82 Å². The Morgan fingerprint density at radius 3 is 2.89 bits per heavy atom. The number of aromatic amines is 1. The number of nitrogens with zero attached hydrogens (tertiary/aromatic N) is 1. The Bertz CT molecular complexity index is 627. The van der Waals surface area contributed by atoms with Crippen LogP contribution in [0.4, 0.5) is 0 Å². The predicted molar refractivity (Wildman–Crippen MR) is 75.8 cm³/mol. The van der Waals surface area contributed by atoms with Crippen LogP contribution in [0.3, 0.4) is 0 Å². The van der Waals surface area contributed by atoms with E-state index < -0.39 is 0 Å². The molecule has 0 aliphatic carbocycles. The van der Waals surface area contributed by atoms with Gasteiger partial charge in [0.05, 0.1) is 5.02 Å². The summed E-state index contributed by atoms with van der Waals surface area (Å²) in [5.41, 5.74) is 1.27. The minimum Gasteiger partial charge on any atom is -0.315 e. The van der Waals surface area contributed by atoms with Crippen molar-refractivity contribution in [1.82, 2.24) is 15.3 Å². The van der Waals surface area contributed by atoms with Crippen LogP contribution in [0, 0.1) is 0 Å². The van der Waals surface area contributed by atoms with Crippen molar-refractivity contribution in [1.29, 1.82) is 0 Å². The van der Waals surface area contributed by atoms with Crippen molar-refractivity contribution >= 4 is 27.5 Å². The lowest BCUT2D eigenvalue weighted by atomic mass is 10.2. The smallest absolute Gasteiger partial charge is 0.255 e. The molecule has 1 aromatic heterocycles. The van der Waals surface area contributed by atoms with Crippen LogP contribution in [-0.2, 0) is 6.54 Å². The van der Waals surface area contributed by atoms with E-state index in [2.05, 4.69) is 31.2 Å². The maximum atomic E-state index is 11.8. The third-order valence-electron chi connectivity index (χ3n) is 2.43. The van der Waals surface area contributed by atoms with E-state index in [-0.39, 0.29) is 5.56 Å². The highest BCUT2D eigenvalue weighted by molar-refractivity contribution is 9.10. The summed E-state index contributed by atoms with van der Waals surface area (Å²) in [6.07, 6.45) is 1.58. The molecule has 0 unspecified atom stereocenters. The van der Waals surface area contributed by atoms with Crippen molar-refractivity contribution in [2.75, 3.05) is 7.05 Å². The van der Waals surface area contributed by atoms with E-state index >= 15 is 0 Å². The monoisotopic (exact) mass is 327 g/mol. The number of H-pyrrole nitrogens is 1. The van der Waals surface area contributed by atoms with Gasteiger partial charge in [0, 0.05) is 28.3 Å². The first kappa shape index (κ1) is 13.3. The average molecular weight is 329 g/mol. The summed E-state index contributed by atoms with van der Waals surface area (Å²) in [4.78, 5) is 18.8. The summed E-state index contributed by atoms with van der Waals surface area (Å²) in [5.74, 6) is 0.525. The zero-order valence-electron chi connectivity index (χ0n) is 9.63. The Balaban J connectivity index is 2.42. The molecule has 2 N–H and O–H groups in total. The molecule has 6 heteroatoms. The molecule has 18 heavy (non-hydrogen) atoms. The number of hydrogen-bond acceptors (Lipinski definition) is 3. The molecular weight excluding hydrogens is 318 g/mol. The molecule has 0 aliphatic rings. The van der Waals surface area contributed by atoms with Gasteiger partial charge in [-0.1, -0.05) is 11.6 Å². The SMILES string of the molecule is CNCc1cnc(-c2ccc(Cl)c(Br)c2)[nH]c1=O. The number of rotatable bonds is 3. The Labute approximate surface area is 118 Å². The van der Waals surface area contributed by atoms with E-state index in [9.17, 15) is 4.79 Å². The average Bonchev–Trinajstić information content (AvgIpc) is 2.35. The first-order valence-corrected chi connectivity index (χ1v) is 6.47. The number of benzene rings is 1. The Hall–Kier alpha value is -1.17. The lowest BCUT2D eigenvalue weighted by molar-refractivity contribution is 0.798. The maximum absolute atomic E-state index is 11.8. The third-order valence-corrected chi connectivity index (χ3v) is 3.65. The van der Waals surface area contributed by atoms with Gasteiger partial charge in [0.25, 0.3) is 5.56 Å². The number of nitrogens with one attached hydrogen (secondary N) is 2. The molecule has 0 aliphatic heterocycles. The fourth-order valence-corrected chi connectivity index (χ4v) is 2.02. The summed E-state index contributed by atoms with van der Waals surface area (Å²) in [5, 5.41) is 3.53. The summed E-state index contributed by atoms with van der Waals surface area (Å²) >= 11 is 9.26. The summed E-state index contributed by atoms with van der Waals surface area (Å²) in [6, 6.07) is 5.38. The summed E-state index contributed by atoms with van der Waals surface area (Å²) in [7, 11) is 1.78. The van der Waals surface area contributed by atoms with Crippen LogP contribution in [0.15, 0.2) is 33.7 Å². The van der Waals surface area contributed by atoms with E-state index in [4.69, 9.17) is 11.6 Å². The van der Waals surface area contributed by atoms with E-state index in [1.165, 1.54) is 0 Å². The van der Waals surface area contributed by atoms with Crippen LogP contribution in [0.1, 0.15) is 5.56 Å². The van der Waals surface area contributed by atoms with Gasteiger partial charge in [-0.3, -0.25) is 4.79 Å². The molecule has 0 amide bonds. The summed E-state index contributed by atoms with van der Waals surface area (Å²) in [6.45, 7) is 0.493. The van der Waals surface area contributed by atoms with Crippen LogP contribution >= 0.6 is 27.5 Å². The topological polar surface area (TPSA) is 57.8 Å². The largest absolute Gasteiger partial charge is 0.315 e.